The highest BCUT2D eigenvalue weighted by Gasteiger charge is 2.17. The van der Waals surface area contributed by atoms with Gasteiger partial charge in [0, 0.05) is 17.0 Å². The summed E-state index contributed by atoms with van der Waals surface area (Å²) in [4.78, 5) is 0. The average Bonchev–Trinajstić information content (AvgIpc) is 3.13. The summed E-state index contributed by atoms with van der Waals surface area (Å²) >= 11 is 1.36. The third-order valence-electron chi connectivity index (χ3n) is 4.35. The van der Waals surface area contributed by atoms with Gasteiger partial charge in [0.1, 0.15) is 5.82 Å². The second-order valence-electron chi connectivity index (χ2n) is 6.52. The van der Waals surface area contributed by atoms with E-state index in [0.717, 1.165) is 22.9 Å². The second-order valence-corrected chi connectivity index (χ2v) is 7.47. The number of rotatable bonds is 5. The summed E-state index contributed by atoms with van der Waals surface area (Å²) in [5, 5.41) is 9.19. The van der Waals surface area contributed by atoms with E-state index in [9.17, 15) is 13.2 Å². The van der Waals surface area contributed by atoms with E-state index in [2.05, 4.69) is 10.2 Å². The lowest BCUT2D eigenvalue weighted by Crippen LogP contribution is -2.00. The maximum atomic E-state index is 13.5. The maximum absolute atomic E-state index is 13.5. The van der Waals surface area contributed by atoms with Crippen molar-refractivity contribution in [3.63, 3.8) is 0 Å². The van der Waals surface area contributed by atoms with Gasteiger partial charge in [0.15, 0.2) is 22.6 Å². The molecule has 7 heteroatoms. The Bertz CT molecular complexity index is 1160. The largest absolute Gasteiger partial charge is 0.270 e. The van der Waals surface area contributed by atoms with E-state index in [0.29, 0.717) is 22.3 Å². The Morgan fingerprint density at radius 3 is 2.38 bits per heavy atom. The van der Waals surface area contributed by atoms with Crippen molar-refractivity contribution in [1.29, 1.82) is 0 Å². The lowest BCUT2D eigenvalue weighted by Gasteiger charge is -2.11. The van der Waals surface area contributed by atoms with Gasteiger partial charge >= 0.3 is 0 Å². The molecule has 0 bridgehead atoms. The smallest absolute Gasteiger partial charge is 0.196 e. The summed E-state index contributed by atoms with van der Waals surface area (Å²) in [6, 6.07) is 17.7. The van der Waals surface area contributed by atoms with E-state index < -0.39 is 11.6 Å². The highest BCUT2D eigenvalue weighted by Crippen LogP contribution is 2.30. The SMILES string of the molecule is Cc1cccc(-n2c(SCc3ccc(F)c(F)c3)nnc2-c2ccc(F)cc2)c1. The Labute approximate surface area is 170 Å². The molecule has 0 atom stereocenters. The lowest BCUT2D eigenvalue weighted by atomic mass is 10.2. The van der Waals surface area contributed by atoms with Crippen LogP contribution in [0.3, 0.4) is 0 Å². The molecule has 0 aliphatic carbocycles. The number of aryl methyl sites for hydroxylation is 1. The van der Waals surface area contributed by atoms with E-state index in [1.165, 1.54) is 30.0 Å². The number of nitrogens with zero attached hydrogens (tertiary/aromatic N) is 3. The zero-order valence-corrected chi connectivity index (χ0v) is 16.3. The predicted octanol–water partition coefficient (Wildman–Crippen LogP) is 5.95. The minimum atomic E-state index is -0.879. The molecule has 29 heavy (non-hydrogen) atoms. The first-order chi connectivity index (χ1) is 14.0. The van der Waals surface area contributed by atoms with E-state index in [1.807, 2.05) is 35.8 Å². The van der Waals surface area contributed by atoms with Crippen LogP contribution >= 0.6 is 11.8 Å². The molecule has 0 unspecified atom stereocenters. The van der Waals surface area contributed by atoms with Crippen LogP contribution in [0.25, 0.3) is 17.1 Å². The predicted molar refractivity (Wildman–Crippen MR) is 107 cm³/mol. The average molecular weight is 411 g/mol. The molecular weight excluding hydrogens is 395 g/mol. The van der Waals surface area contributed by atoms with E-state index in [1.54, 1.807) is 18.2 Å². The summed E-state index contributed by atoms with van der Waals surface area (Å²) in [7, 11) is 0. The van der Waals surface area contributed by atoms with Gasteiger partial charge in [-0.05, 0) is 66.6 Å². The van der Waals surface area contributed by atoms with Crippen LogP contribution in [0, 0.1) is 24.4 Å². The molecule has 1 heterocycles. The minimum absolute atomic E-state index is 0.330. The van der Waals surface area contributed by atoms with Crippen LogP contribution in [0.4, 0.5) is 13.2 Å². The molecule has 3 aromatic carbocycles. The van der Waals surface area contributed by atoms with Gasteiger partial charge in [0.25, 0.3) is 0 Å². The van der Waals surface area contributed by atoms with Crippen molar-refractivity contribution < 1.29 is 13.2 Å². The van der Waals surface area contributed by atoms with E-state index >= 15 is 0 Å². The molecule has 0 saturated heterocycles. The summed E-state index contributed by atoms with van der Waals surface area (Å²) in [6.45, 7) is 1.99. The summed E-state index contributed by atoms with van der Waals surface area (Å²) in [5.41, 5.74) is 3.29. The number of hydrogen-bond donors (Lipinski definition) is 0. The fourth-order valence-electron chi connectivity index (χ4n) is 2.93. The molecule has 4 aromatic rings. The lowest BCUT2D eigenvalue weighted by molar-refractivity contribution is 0.507. The quantitative estimate of drug-likeness (QED) is 0.380. The molecule has 0 spiro atoms. The minimum Gasteiger partial charge on any atom is -0.270 e. The Balaban J connectivity index is 1.73. The standard InChI is InChI=1S/C22H16F3N3S/c1-14-3-2-4-18(11-14)28-21(16-6-8-17(23)9-7-16)26-27-22(28)29-13-15-5-10-19(24)20(25)12-15/h2-12H,13H2,1H3. The molecule has 0 aliphatic heterocycles. The van der Waals surface area contributed by atoms with Crippen molar-refractivity contribution in [1.82, 2.24) is 14.8 Å². The van der Waals surface area contributed by atoms with Gasteiger partial charge in [0.05, 0.1) is 0 Å². The van der Waals surface area contributed by atoms with E-state index in [-0.39, 0.29) is 5.82 Å². The highest BCUT2D eigenvalue weighted by molar-refractivity contribution is 7.98. The monoisotopic (exact) mass is 411 g/mol. The topological polar surface area (TPSA) is 30.7 Å². The molecule has 0 aliphatic rings. The Morgan fingerprint density at radius 1 is 0.862 bits per heavy atom. The van der Waals surface area contributed by atoms with Crippen LogP contribution in [0.1, 0.15) is 11.1 Å². The molecule has 0 amide bonds. The van der Waals surface area contributed by atoms with Crippen molar-refractivity contribution in [2.75, 3.05) is 0 Å². The number of halogens is 3. The number of aromatic nitrogens is 3. The van der Waals surface area contributed by atoms with Crippen molar-refractivity contribution in [2.45, 2.75) is 17.8 Å². The highest BCUT2D eigenvalue weighted by atomic mass is 32.2. The molecule has 146 valence electrons. The van der Waals surface area contributed by atoms with Gasteiger partial charge in [-0.1, -0.05) is 30.0 Å². The first-order valence-electron chi connectivity index (χ1n) is 8.86. The summed E-state index contributed by atoms with van der Waals surface area (Å²) in [5.74, 6) is -1.12. The van der Waals surface area contributed by atoms with Crippen molar-refractivity contribution in [2.24, 2.45) is 0 Å². The Hall–Kier alpha value is -3.06. The fraction of sp³-hybridized carbons (Fsp3) is 0.0909. The first kappa shape index (κ1) is 19.3. The molecule has 4 rings (SSSR count). The molecule has 0 N–H and O–H groups in total. The van der Waals surface area contributed by atoms with Gasteiger partial charge in [-0.3, -0.25) is 4.57 Å². The van der Waals surface area contributed by atoms with Gasteiger partial charge in [-0.15, -0.1) is 10.2 Å². The fourth-order valence-corrected chi connectivity index (χ4v) is 3.82. The maximum Gasteiger partial charge on any atom is 0.196 e. The van der Waals surface area contributed by atoms with Crippen LogP contribution < -0.4 is 0 Å². The molecule has 3 nitrogen and oxygen atoms in total. The van der Waals surface area contributed by atoms with Gasteiger partial charge in [-0.2, -0.15) is 0 Å². The third-order valence-corrected chi connectivity index (χ3v) is 5.35. The summed E-state index contributed by atoms with van der Waals surface area (Å²) < 4.78 is 41.9. The van der Waals surface area contributed by atoms with Crippen LogP contribution in [-0.2, 0) is 5.75 Å². The number of benzene rings is 3. The molecular formula is C22H16F3N3S. The van der Waals surface area contributed by atoms with Crippen LogP contribution in [0.15, 0.2) is 71.9 Å². The Morgan fingerprint density at radius 2 is 1.66 bits per heavy atom. The molecule has 1 aromatic heterocycles. The molecule has 0 saturated carbocycles. The van der Waals surface area contributed by atoms with Gasteiger partial charge in [-0.25, -0.2) is 13.2 Å². The first-order valence-corrected chi connectivity index (χ1v) is 9.85. The third kappa shape index (κ3) is 4.19. The zero-order valence-electron chi connectivity index (χ0n) is 15.4. The van der Waals surface area contributed by atoms with E-state index in [4.69, 9.17) is 0 Å². The number of thioether (sulfide) groups is 1. The van der Waals surface area contributed by atoms with Gasteiger partial charge < -0.3 is 0 Å². The van der Waals surface area contributed by atoms with Crippen LogP contribution in [0.5, 0.6) is 0 Å². The number of hydrogen-bond acceptors (Lipinski definition) is 3. The van der Waals surface area contributed by atoms with Crippen molar-refractivity contribution in [3.8, 4) is 17.1 Å². The summed E-state index contributed by atoms with van der Waals surface area (Å²) in [6.07, 6.45) is 0. The van der Waals surface area contributed by atoms with Crippen molar-refractivity contribution in [3.05, 3.63) is 95.3 Å². The van der Waals surface area contributed by atoms with Crippen molar-refractivity contribution >= 4 is 11.8 Å². The zero-order chi connectivity index (χ0) is 20.4. The Kier molecular flexibility index (Phi) is 5.40. The molecule has 0 radical (unpaired) electrons. The molecule has 0 fully saturated rings. The van der Waals surface area contributed by atoms with Gasteiger partial charge in [0.2, 0.25) is 0 Å². The second kappa shape index (κ2) is 8.13. The van der Waals surface area contributed by atoms with Crippen LogP contribution in [-0.4, -0.2) is 14.8 Å². The normalized spacial score (nSPS) is 11.0. The van der Waals surface area contributed by atoms with Crippen LogP contribution in [0.2, 0.25) is 0 Å².